The Labute approximate surface area is 209 Å². The van der Waals surface area contributed by atoms with Crippen LogP contribution in [0.25, 0.3) is 0 Å². The summed E-state index contributed by atoms with van der Waals surface area (Å²) >= 11 is 0. The standard InChI is InChI=1S/C26H20N2O9/c1-34-21-7-12(6-18(29)25(21)30)22-15-8-19-20(37-11-36-19)9-16(15)24(17-10-35-26(31)23(17)22)27-13-2-4-14(5-3-13)28(32)33/h2-9,17,22-24,27H,10-11H2,1H3/t17-,22+,23-,24+/m0/s1. The lowest BCUT2D eigenvalue weighted by Crippen LogP contribution is -2.38. The van der Waals surface area contributed by atoms with Crippen LogP contribution in [0, 0.1) is 22.0 Å². The zero-order chi connectivity index (χ0) is 25.8. The molecule has 0 radical (unpaired) electrons. The Hall–Kier alpha value is -4.67. The average Bonchev–Trinajstić information content (AvgIpc) is 3.51. The second-order valence-corrected chi connectivity index (χ2v) is 9.11. The molecule has 2 aliphatic carbocycles. The van der Waals surface area contributed by atoms with Crippen molar-refractivity contribution in [3.05, 3.63) is 81.1 Å². The van der Waals surface area contributed by atoms with Crippen LogP contribution in [0.4, 0.5) is 11.4 Å². The fraction of sp³-hybridized carbons (Fsp3) is 0.269. The van der Waals surface area contributed by atoms with Gasteiger partial charge in [0.05, 0.1) is 30.6 Å². The predicted molar refractivity (Wildman–Crippen MR) is 126 cm³/mol. The number of nitrogens with one attached hydrogen (secondary N) is 1. The molecular weight excluding hydrogens is 484 g/mol. The number of allylic oxidation sites excluding steroid dienone is 4. The van der Waals surface area contributed by atoms with Crippen LogP contribution >= 0.6 is 0 Å². The summed E-state index contributed by atoms with van der Waals surface area (Å²) < 4.78 is 21.9. The first-order valence-electron chi connectivity index (χ1n) is 11.5. The highest BCUT2D eigenvalue weighted by Crippen LogP contribution is 2.55. The fourth-order valence-electron chi connectivity index (χ4n) is 5.53. The van der Waals surface area contributed by atoms with Gasteiger partial charge in [0.2, 0.25) is 12.6 Å². The van der Waals surface area contributed by atoms with Crippen molar-refractivity contribution < 1.29 is 38.3 Å². The van der Waals surface area contributed by atoms with Crippen molar-refractivity contribution in [3.63, 3.8) is 0 Å². The molecule has 2 heterocycles. The van der Waals surface area contributed by atoms with Crippen LogP contribution in [0.1, 0.15) is 23.1 Å². The molecule has 37 heavy (non-hydrogen) atoms. The second kappa shape index (κ2) is 8.47. The van der Waals surface area contributed by atoms with Crippen molar-refractivity contribution in [3.8, 4) is 11.5 Å². The highest BCUT2D eigenvalue weighted by Gasteiger charge is 2.53. The van der Waals surface area contributed by atoms with Gasteiger partial charge in [-0.3, -0.25) is 24.5 Å². The van der Waals surface area contributed by atoms with Gasteiger partial charge in [-0.1, -0.05) is 0 Å². The van der Waals surface area contributed by atoms with Gasteiger partial charge in [-0.05, 0) is 53.1 Å². The van der Waals surface area contributed by atoms with Crippen molar-refractivity contribution in [2.24, 2.45) is 11.8 Å². The molecule has 11 heteroatoms. The van der Waals surface area contributed by atoms with Crippen molar-refractivity contribution in [2.45, 2.75) is 12.0 Å². The van der Waals surface area contributed by atoms with E-state index < -0.39 is 40.3 Å². The molecule has 0 aromatic heterocycles. The van der Waals surface area contributed by atoms with Crippen LogP contribution in [0.5, 0.6) is 11.5 Å². The third kappa shape index (κ3) is 3.62. The van der Waals surface area contributed by atoms with E-state index in [4.69, 9.17) is 18.9 Å². The van der Waals surface area contributed by atoms with Gasteiger partial charge in [0, 0.05) is 29.7 Å². The molecule has 1 saturated heterocycles. The number of non-ortho nitro benzene ring substituents is 1. The molecule has 4 aliphatic rings. The van der Waals surface area contributed by atoms with E-state index in [0.29, 0.717) is 28.3 Å². The first-order valence-corrected chi connectivity index (χ1v) is 11.5. The quantitative estimate of drug-likeness (QED) is 0.212. The van der Waals surface area contributed by atoms with Gasteiger partial charge in [-0.15, -0.1) is 0 Å². The minimum Gasteiger partial charge on any atom is -0.492 e. The number of ether oxygens (including phenoxy) is 4. The number of methoxy groups -OCH3 is 1. The monoisotopic (exact) mass is 504 g/mol. The van der Waals surface area contributed by atoms with E-state index in [0.717, 1.165) is 5.56 Å². The predicted octanol–water partition coefficient (Wildman–Crippen LogP) is 2.97. The van der Waals surface area contributed by atoms with Crippen molar-refractivity contribution in [1.29, 1.82) is 0 Å². The summed E-state index contributed by atoms with van der Waals surface area (Å²) in [6.07, 6.45) is 2.74. The summed E-state index contributed by atoms with van der Waals surface area (Å²) in [6.45, 7) is 0.168. The lowest BCUT2D eigenvalue weighted by Gasteiger charge is -2.40. The van der Waals surface area contributed by atoms with Crippen molar-refractivity contribution in [1.82, 2.24) is 0 Å². The summed E-state index contributed by atoms with van der Waals surface area (Å²) in [5, 5.41) is 14.5. The molecule has 11 nitrogen and oxygen atoms in total. The van der Waals surface area contributed by atoms with E-state index in [1.807, 2.05) is 6.07 Å². The molecule has 188 valence electrons. The summed E-state index contributed by atoms with van der Waals surface area (Å²) in [6, 6.07) is 9.20. The normalized spacial score (nSPS) is 25.5. The van der Waals surface area contributed by atoms with E-state index >= 15 is 0 Å². The molecule has 1 fully saturated rings. The molecule has 1 N–H and O–H groups in total. The molecule has 2 aromatic carbocycles. The van der Waals surface area contributed by atoms with Gasteiger partial charge in [0.25, 0.3) is 11.5 Å². The number of nitro groups is 1. The molecule has 0 unspecified atom stereocenters. The molecule has 2 aromatic rings. The molecule has 0 bridgehead atoms. The number of cyclic esters (lactones) is 1. The van der Waals surface area contributed by atoms with Crippen molar-refractivity contribution in [2.75, 3.05) is 25.8 Å². The summed E-state index contributed by atoms with van der Waals surface area (Å²) in [4.78, 5) is 48.4. The number of nitrogens with zero attached hydrogens (tertiary/aromatic N) is 1. The van der Waals surface area contributed by atoms with Gasteiger partial charge in [-0.25, -0.2) is 0 Å². The Morgan fingerprint density at radius 1 is 1.00 bits per heavy atom. The number of Topliss-reactive ketones (excluding diaryl/α,β-unsaturated/α-hetero) is 1. The van der Waals surface area contributed by atoms with E-state index in [2.05, 4.69) is 5.32 Å². The van der Waals surface area contributed by atoms with E-state index in [1.54, 1.807) is 18.2 Å². The van der Waals surface area contributed by atoms with Gasteiger partial charge in [-0.2, -0.15) is 0 Å². The van der Waals surface area contributed by atoms with Crippen LogP contribution in [-0.2, 0) is 23.9 Å². The van der Waals surface area contributed by atoms with E-state index in [9.17, 15) is 24.5 Å². The number of esters is 1. The average molecular weight is 504 g/mol. The number of hydrogen-bond donors (Lipinski definition) is 1. The minimum atomic E-state index is -0.753. The van der Waals surface area contributed by atoms with Crippen molar-refractivity contribution >= 4 is 28.9 Å². The molecular formula is C26H20N2O9. The second-order valence-electron chi connectivity index (χ2n) is 9.11. The SMILES string of the molecule is COC1=CC([C@@H]2c3cc4c(cc3[C@@H](Nc3ccc([N+](=O)[O-])cc3)[C@H]3COC(=O)[C@@H]32)OCO4)=CC(=O)C1=O. The Balaban J connectivity index is 1.49. The van der Waals surface area contributed by atoms with Gasteiger partial charge >= 0.3 is 5.97 Å². The third-order valence-corrected chi connectivity index (χ3v) is 7.21. The maximum absolute atomic E-state index is 13.1. The number of benzene rings is 2. The van der Waals surface area contributed by atoms with Crippen LogP contribution in [-0.4, -0.2) is 43.0 Å². The van der Waals surface area contributed by atoms with Crippen LogP contribution in [0.2, 0.25) is 0 Å². The lowest BCUT2D eigenvalue weighted by atomic mass is 9.64. The number of carbonyl (C=O) groups excluding carboxylic acids is 3. The Kier molecular flexibility index (Phi) is 5.21. The number of carbonyl (C=O) groups is 3. The first kappa shape index (κ1) is 22.8. The summed E-state index contributed by atoms with van der Waals surface area (Å²) in [5.74, 6) is -2.61. The molecule has 6 rings (SSSR count). The highest BCUT2D eigenvalue weighted by atomic mass is 16.7. The van der Waals surface area contributed by atoms with E-state index in [-0.39, 0.29) is 30.8 Å². The number of rotatable bonds is 5. The Morgan fingerprint density at radius 2 is 1.70 bits per heavy atom. The minimum absolute atomic E-state index is 0.0422. The van der Waals surface area contributed by atoms with Gasteiger partial charge in [0.15, 0.2) is 17.3 Å². The highest BCUT2D eigenvalue weighted by molar-refractivity contribution is 6.47. The molecule has 0 saturated carbocycles. The number of ketones is 2. The Morgan fingerprint density at radius 3 is 2.38 bits per heavy atom. The zero-order valence-corrected chi connectivity index (χ0v) is 19.5. The maximum Gasteiger partial charge on any atom is 0.310 e. The molecule has 4 atom stereocenters. The van der Waals surface area contributed by atoms with Crippen LogP contribution in [0.3, 0.4) is 0 Å². The van der Waals surface area contributed by atoms with Gasteiger partial charge < -0.3 is 24.3 Å². The molecule has 0 spiro atoms. The van der Waals surface area contributed by atoms with Crippen LogP contribution < -0.4 is 14.8 Å². The molecule has 2 aliphatic heterocycles. The summed E-state index contributed by atoms with van der Waals surface area (Å²) in [5.41, 5.74) is 2.55. The lowest BCUT2D eigenvalue weighted by molar-refractivity contribution is -0.384. The van der Waals surface area contributed by atoms with Crippen LogP contribution in [0.15, 0.2) is 59.9 Å². The van der Waals surface area contributed by atoms with Gasteiger partial charge in [0.1, 0.15) is 0 Å². The number of nitro benzene ring substituents is 1. The zero-order valence-electron chi connectivity index (χ0n) is 19.5. The molecule has 0 amide bonds. The maximum atomic E-state index is 13.1. The number of anilines is 1. The topological polar surface area (TPSA) is 143 Å². The number of hydrogen-bond acceptors (Lipinski definition) is 10. The largest absolute Gasteiger partial charge is 0.492 e. The fourth-order valence-corrected chi connectivity index (χ4v) is 5.53. The first-order chi connectivity index (χ1) is 17.9. The summed E-state index contributed by atoms with van der Waals surface area (Å²) in [7, 11) is 1.31. The Bertz CT molecular complexity index is 1430. The smallest absolute Gasteiger partial charge is 0.310 e. The van der Waals surface area contributed by atoms with E-state index in [1.165, 1.54) is 31.4 Å². The number of fused-ring (bicyclic) bond motifs is 3. The third-order valence-electron chi connectivity index (χ3n) is 7.21.